The van der Waals surface area contributed by atoms with Crippen LogP contribution in [-0.4, -0.2) is 10.7 Å². The van der Waals surface area contributed by atoms with Crippen LogP contribution in [-0.2, 0) is 6.42 Å². The molecule has 244 valence electrons. The Balaban J connectivity index is 1.09. The largest absolute Gasteiger partial charge is 0.456 e. The van der Waals surface area contributed by atoms with Crippen molar-refractivity contribution in [1.82, 2.24) is 20.5 Å². The van der Waals surface area contributed by atoms with Gasteiger partial charge in [-0.2, -0.15) is 0 Å². The summed E-state index contributed by atoms with van der Waals surface area (Å²) in [5, 5.41) is 15.2. The maximum absolute atomic E-state index is 6.52. The van der Waals surface area contributed by atoms with Gasteiger partial charge in [0, 0.05) is 33.1 Å². The van der Waals surface area contributed by atoms with Crippen molar-refractivity contribution in [2.24, 2.45) is 0 Å². The van der Waals surface area contributed by atoms with Gasteiger partial charge in [0.15, 0.2) is 0 Å². The van der Waals surface area contributed by atoms with E-state index >= 15 is 0 Å². The third-order valence-electron chi connectivity index (χ3n) is 10.6. The average molecular weight is 651 g/mol. The van der Waals surface area contributed by atoms with E-state index in [0.29, 0.717) is 0 Å². The van der Waals surface area contributed by atoms with E-state index in [4.69, 9.17) is 4.42 Å². The zero-order chi connectivity index (χ0) is 33.0. The number of nitrogens with one attached hydrogen (secondary N) is 3. The van der Waals surface area contributed by atoms with Crippen LogP contribution in [0.4, 0.5) is 0 Å². The molecule has 0 saturated carbocycles. The van der Waals surface area contributed by atoms with E-state index in [1.165, 1.54) is 55.7 Å². The van der Waals surface area contributed by atoms with Gasteiger partial charge in [0.25, 0.3) is 0 Å². The number of furan rings is 1. The Morgan fingerprint density at radius 1 is 0.600 bits per heavy atom. The van der Waals surface area contributed by atoms with E-state index in [9.17, 15) is 0 Å². The number of hydrogen-bond acceptors (Lipinski definition) is 4. The van der Waals surface area contributed by atoms with E-state index in [0.717, 1.165) is 47.6 Å². The van der Waals surface area contributed by atoms with Gasteiger partial charge in [-0.25, -0.2) is 0 Å². The molecule has 1 fully saturated rings. The molecule has 7 aromatic rings. The molecule has 1 aliphatic heterocycles. The highest BCUT2D eigenvalue weighted by Crippen LogP contribution is 2.40. The van der Waals surface area contributed by atoms with Crippen LogP contribution < -0.4 is 16.0 Å². The number of hydrogen-bond donors (Lipinski definition) is 3. The lowest BCUT2D eigenvalue weighted by molar-refractivity contribution is 0.225. The normalized spacial score (nSPS) is 20.4. The van der Waals surface area contributed by atoms with Crippen LogP contribution in [0.5, 0.6) is 0 Å². The summed E-state index contributed by atoms with van der Waals surface area (Å²) in [6.45, 7) is 0. The maximum Gasteiger partial charge on any atom is 0.135 e. The molecule has 0 radical (unpaired) electrons. The molecule has 2 aromatic heterocycles. The molecule has 3 atom stereocenters. The molecule has 3 unspecified atom stereocenters. The lowest BCUT2D eigenvalue weighted by Crippen LogP contribution is -2.59. The number of para-hydroxylation sites is 1. The molecule has 0 amide bonds. The van der Waals surface area contributed by atoms with Crippen molar-refractivity contribution in [2.45, 2.75) is 44.2 Å². The first kappa shape index (κ1) is 29.5. The van der Waals surface area contributed by atoms with Crippen molar-refractivity contribution in [3.05, 3.63) is 168 Å². The van der Waals surface area contributed by atoms with Gasteiger partial charge in [-0.3, -0.25) is 16.0 Å². The van der Waals surface area contributed by atoms with Gasteiger partial charge in [-0.1, -0.05) is 103 Å². The Hall–Kier alpha value is -5.46. The molecule has 0 bridgehead atoms. The smallest absolute Gasteiger partial charge is 0.135 e. The molecule has 5 nitrogen and oxygen atoms in total. The highest BCUT2D eigenvalue weighted by Gasteiger charge is 2.32. The predicted molar refractivity (Wildman–Crippen MR) is 205 cm³/mol. The van der Waals surface area contributed by atoms with Crippen LogP contribution in [0.15, 0.2) is 150 Å². The maximum atomic E-state index is 6.52. The molecule has 3 N–H and O–H groups in total. The number of allylic oxidation sites excluding steroid dienone is 3. The second-order valence-corrected chi connectivity index (χ2v) is 13.6. The van der Waals surface area contributed by atoms with Gasteiger partial charge >= 0.3 is 0 Å². The van der Waals surface area contributed by atoms with Gasteiger partial charge in [-0.05, 0) is 96.0 Å². The van der Waals surface area contributed by atoms with Crippen molar-refractivity contribution < 1.29 is 4.42 Å². The Kier molecular flexibility index (Phi) is 7.16. The molecule has 50 heavy (non-hydrogen) atoms. The first-order chi connectivity index (χ1) is 24.8. The van der Waals surface area contributed by atoms with Gasteiger partial charge in [0.2, 0.25) is 0 Å². The molecular formula is C45H38N4O. The third-order valence-corrected chi connectivity index (χ3v) is 10.6. The highest BCUT2D eigenvalue weighted by atomic mass is 16.3. The van der Waals surface area contributed by atoms with Gasteiger partial charge in [0.05, 0.1) is 24.0 Å². The fourth-order valence-corrected chi connectivity index (χ4v) is 8.25. The summed E-state index contributed by atoms with van der Waals surface area (Å²) in [4.78, 5) is 0. The van der Waals surface area contributed by atoms with Crippen LogP contribution in [0.1, 0.15) is 54.0 Å². The molecule has 5 aromatic carbocycles. The zero-order valence-corrected chi connectivity index (χ0v) is 27.8. The molecule has 3 aliphatic rings. The summed E-state index contributed by atoms with van der Waals surface area (Å²) in [6, 6.07) is 41.5. The van der Waals surface area contributed by atoms with Crippen molar-refractivity contribution in [3.63, 3.8) is 0 Å². The minimum atomic E-state index is -0.108. The molecule has 0 spiro atoms. The van der Waals surface area contributed by atoms with Gasteiger partial charge in [0.1, 0.15) is 11.2 Å². The molecule has 10 rings (SSSR count). The van der Waals surface area contributed by atoms with E-state index in [-0.39, 0.29) is 18.5 Å². The Labute approximate surface area is 291 Å². The molecule has 5 heteroatoms. The van der Waals surface area contributed by atoms with Crippen LogP contribution in [0.2, 0.25) is 0 Å². The highest BCUT2D eigenvalue weighted by molar-refractivity contribution is 6.08. The lowest BCUT2D eigenvalue weighted by Gasteiger charge is -2.40. The lowest BCUT2D eigenvalue weighted by atomic mass is 9.96. The van der Waals surface area contributed by atoms with E-state index < -0.39 is 0 Å². The van der Waals surface area contributed by atoms with Crippen LogP contribution in [0, 0.1) is 0 Å². The summed E-state index contributed by atoms with van der Waals surface area (Å²) >= 11 is 0. The summed E-state index contributed by atoms with van der Waals surface area (Å²) < 4.78 is 8.97. The van der Waals surface area contributed by atoms with E-state index in [1.54, 1.807) is 0 Å². The molecule has 3 heterocycles. The minimum absolute atomic E-state index is 0.00175. The second-order valence-electron chi connectivity index (χ2n) is 13.6. The number of fused-ring (bicyclic) bond motifs is 6. The van der Waals surface area contributed by atoms with Crippen LogP contribution in [0.3, 0.4) is 0 Å². The Morgan fingerprint density at radius 2 is 1.36 bits per heavy atom. The van der Waals surface area contributed by atoms with E-state index in [1.807, 2.05) is 0 Å². The number of nitrogens with zero attached hydrogens (tertiary/aromatic N) is 1. The minimum Gasteiger partial charge on any atom is -0.456 e. The van der Waals surface area contributed by atoms with Crippen molar-refractivity contribution in [1.29, 1.82) is 0 Å². The summed E-state index contributed by atoms with van der Waals surface area (Å²) in [7, 11) is 0. The molecular weight excluding hydrogens is 613 g/mol. The fourth-order valence-electron chi connectivity index (χ4n) is 8.25. The van der Waals surface area contributed by atoms with Gasteiger partial charge in [-0.15, -0.1) is 0 Å². The van der Waals surface area contributed by atoms with Crippen LogP contribution in [0.25, 0.3) is 55.7 Å². The number of aromatic nitrogens is 1. The quantitative estimate of drug-likeness (QED) is 0.174. The zero-order valence-electron chi connectivity index (χ0n) is 27.8. The standard InChI is InChI=1S/C45H38N4O/c1-4-13-29(14-5-1)43-46-44(30-15-6-2-7-16-30)48-45(47-43)35-20-12-22-41-42(35)37-28-32(24-26-40(37)50-41)31-23-25-39-36(27-31)34-19-10-11-21-38(34)49(39)33-17-8-3-9-18-33/h1,3-6,8-10,12-20,22-28,43-48H,2,7,11,21H2. The topological polar surface area (TPSA) is 54.2 Å². The first-order valence-corrected chi connectivity index (χ1v) is 17.8. The Morgan fingerprint density at radius 3 is 2.20 bits per heavy atom. The van der Waals surface area contributed by atoms with Crippen molar-refractivity contribution in [3.8, 4) is 16.8 Å². The SMILES string of the molecule is C1=CC(C2NC(c3ccccc3)NC(c3cccc4oc5ccc(-c6ccc7c(c6)c6c(n7-c7ccccc7)CCC=C6)cc5c34)N2)=CCC1. The van der Waals surface area contributed by atoms with Gasteiger partial charge < -0.3 is 8.98 Å². The second kappa shape index (κ2) is 12.1. The predicted octanol–water partition coefficient (Wildman–Crippen LogP) is 10.2. The molecule has 2 aliphatic carbocycles. The van der Waals surface area contributed by atoms with E-state index in [2.05, 4.69) is 166 Å². The summed E-state index contributed by atoms with van der Waals surface area (Å²) in [6.07, 6.45) is 15.6. The number of benzene rings is 5. The van der Waals surface area contributed by atoms with Crippen LogP contribution >= 0.6 is 0 Å². The first-order valence-electron chi connectivity index (χ1n) is 17.8. The Bertz CT molecular complexity index is 2480. The summed E-state index contributed by atoms with van der Waals surface area (Å²) in [5.74, 6) is 0. The van der Waals surface area contributed by atoms with Crippen molar-refractivity contribution >= 4 is 38.9 Å². The summed E-state index contributed by atoms with van der Waals surface area (Å²) in [5.41, 5.74) is 13.1. The molecule has 1 saturated heterocycles. The van der Waals surface area contributed by atoms with Crippen molar-refractivity contribution in [2.75, 3.05) is 0 Å². The fraction of sp³-hybridized carbons (Fsp3) is 0.156. The average Bonchev–Trinajstić information content (AvgIpc) is 3.74. The number of rotatable bonds is 5. The third kappa shape index (κ3) is 4.97. The monoisotopic (exact) mass is 650 g/mol.